The van der Waals surface area contributed by atoms with Crippen LogP contribution in [0.1, 0.15) is 0 Å². The molecule has 4 aromatic carbocycles. The first-order valence-electron chi connectivity index (χ1n) is 9.70. The van der Waals surface area contributed by atoms with E-state index in [0.717, 1.165) is 0 Å². The highest BCUT2D eigenvalue weighted by Gasteiger charge is 2.34. The van der Waals surface area contributed by atoms with Crippen molar-refractivity contribution in [1.82, 2.24) is 19.9 Å². The summed E-state index contributed by atoms with van der Waals surface area (Å²) >= 11 is 0. The quantitative estimate of drug-likeness (QED) is 0.114. The van der Waals surface area contributed by atoms with Crippen LogP contribution in [0.25, 0.3) is 54.4 Å². The topological polar surface area (TPSA) is 210 Å². The first-order chi connectivity index (χ1) is 16.8. The van der Waals surface area contributed by atoms with Crippen molar-refractivity contribution in [3.63, 3.8) is 0 Å². The van der Waals surface area contributed by atoms with Gasteiger partial charge in [0.15, 0.2) is 0 Å². The number of nitro groups is 3. The first kappa shape index (κ1) is 20.0. The summed E-state index contributed by atoms with van der Waals surface area (Å²) in [5.74, 6) is -3.55. The van der Waals surface area contributed by atoms with E-state index < -0.39 is 38.0 Å². The normalized spacial score (nSPS) is 11.7. The van der Waals surface area contributed by atoms with Crippen molar-refractivity contribution in [2.45, 2.75) is 0 Å². The number of benzene rings is 4. The molecule has 0 radical (unpaired) electrons. The molecule has 0 unspecified atom stereocenters. The Hall–Kier alpha value is -5.60. The van der Waals surface area contributed by atoms with E-state index in [9.17, 15) is 35.3 Å². The van der Waals surface area contributed by atoms with Crippen LogP contribution in [-0.2, 0) is 0 Å². The van der Waals surface area contributed by atoms with E-state index in [4.69, 9.17) is 0 Å². The van der Waals surface area contributed by atoms with E-state index in [2.05, 4.69) is 25.1 Å². The Labute approximate surface area is 189 Å². The molecule has 0 amide bonds. The molecule has 35 heavy (non-hydrogen) atoms. The van der Waals surface area contributed by atoms with Crippen LogP contribution in [0.5, 0.6) is 0 Å². The zero-order valence-corrected chi connectivity index (χ0v) is 16.9. The van der Waals surface area contributed by atoms with E-state index in [1.54, 1.807) is 36.4 Å². The summed E-state index contributed by atoms with van der Waals surface area (Å²) in [6.45, 7) is 0. The Kier molecular flexibility index (Phi) is 3.84. The van der Waals surface area contributed by atoms with Crippen LogP contribution in [0.2, 0.25) is 0 Å². The molecule has 0 fully saturated rings. The van der Waals surface area contributed by atoms with E-state index in [0.29, 0.717) is 32.3 Å². The SMILES string of the molecule is O=Nc1nc2c3cccc4c5nc([N+](=O)[O-])c([N+](=O)[O-])nc5c5cccc(c2nc1[N+](=O)[O-])c5c34. The van der Waals surface area contributed by atoms with Crippen LogP contribution in [0.15, 0.2) is 41.6 Å². The highest BCUT2D eigenvalue weighted by atomic mass is 16.6. The Bertz CT molecular complexity index is 1970. The fourth-order valence-electron chi connectivity index (χ4n) is 4.45. The Morgan fingerprint density at radius 3 is 1.26 bits per heavy atom. The summed E-state index contributed by atoms with van der Waals surface area (Å²) in [7, 11) is 0. The maximum absolute atomic E-state index is 11.5. The lowest BCUT2D eigenvalue weighted by Gasteiger charge is -2.12. The van der Waals surface area contributed by atoms with Gasteiger partial charge in [0.1, 0.15) is 5.52 Å². The van der Waals surface area contributed by atoms with Gasteiger partial charge in [-0.25, -0.2) is 4.98 Å². The van der Waals surface area contributed by atoms with Crippen molar-refractivity contribution in [3.8, 4) is 0 Å². The van der Waals surface area contributed by atoms with Gasteiger partial charge in [0.25, 0.3) is 5.82 Å². The van der Waals surface area contributed by atoms with Crippen LogP contribution >= 0.6 is 0 Å². The lowest BCUT2D eigenvalue weighted by Crippen LogP contribution is -2.04. The molecule has 15 nitrogen and oxygen atoms in total. The average molecular weight is 470 g/mol. The molecule has 2 aromatic heterocycles. The summed E-state index contributed by atoms with van der Waals surface area (Å²) in [5.41, 5.74) is 0.356. The van der Waals surface area contributed by atoms with Gasteiger partial charge in [-0.2, -0.15) is 0 Å². The highest BCUT2D eigenvalue weighted by Crippen LogP contribution is 2.44. The minimum absolute atomic E-state index is 0.0425. The van der Waals surface area contributed by atoms with E-state index in [1.165, 1.54) is 0 Å². The van der Waals surface area contributed by atoms with Gasteiger partial charge in [-0.1, -0.05) is 18.2 Å². The molecule has 6 aromatic rings. The molecule has 0 aliphatic heterocycles. The van der Waals surface area contributed by atoms with Crippen LogP contribution < -0.4 is 0 Å². The third-order valence-corrected chi connectivity index (χ3v) is 5.72. The number of nitrogens with zero attached hydrogens (tertiary/aromatic N) is 8. The molecule has 168 valence electrons. The fraction of sp³-hybridized carbons (Fsp3) is 0. The first-order valence-corrected chi connectivity index (χ1v) is 9.70. The smallest absolute Gasteiger partial charge is 0.358 e. The lowest BCUT2D eigenvalue weighted by atomic mass is 9.91. The third kappa shape index (κ3) is 2.53. The minimum Gasteiger partial charge on any atom is -0.358 e. The van der Waals surface area contributed by atoms with Gasteiger partial charge in [-0.15, -0.1) is 4.91 Å². The summed E-state index contributed by atoms with van der Waals surface area (Å²) in [6, 6.07) is 9.66. The Balaban J connectivity index is 1.96. The molecule has 0 bridgehead atoms. The highest BCUT2D eigenvalue weighted by molar-refractivity contribution is 6.38. The molecule has 0 atom stereocenters. The number of aromatic nitrogens is 4. The Morgan fingerprint density at radius 2 is 0.914 bits per heavy atom. The maximum Gasteiger partial charge on any atom is 0.463 e. The Morgan fingerprint density at radius 1 is 0.571 bits per heavy atom. The molecule has 0 N–H and O–H groups in total. The molecular formula is C20H6N8O7. The van der Waals surface area contributed by atoms with Crippen LogP contribution in [0.4, 0.5) is 23.3 Å². The number of hydrogen-bond acceptors (Lipinski definition) is 12. The molecule has 0 saturated carbocycles. The predicted octanol–water partition coefficient (Wildman–Crippen LogP) is 4.59. The van der Waals surface area contributed by atoms with Crippen LogP contribution in [0.3, 0.4) is 0 Å². The molecule has 15 heteroatoms. The zero-order valence-electron chi connectivity index (χ0n) is 16.9. The van der Waals surface area contributed by atoms with Gasteiger partial charge in [-0.05, 0) is 53.1 Å². The number of fused-ring (bicyclic) bond motifs is 6. The molecular weight excluding hydrogens is 464 g/mol. The van der Waals surface area contributed by atoms with Gasteiger partial charge in [-0.3, -0.25) is 0 Å². The number of rotatable bonds is 4. The largest absolute Gasteiger partial charge is 0.463 e. The van der Waals surface area contributed by atoms with E-state index in [-0.39, 0.29) is 22.1 Å². The van der Waals surface area contributed by atoms with Gasteiger partial charge in [0, 0.05) is 32.3 Å². The van der Waals surface area contributed by atoms with E-state index >= 15 is 0 Å². The monoisotopic (exact) mass is 470 g/mol. The van der Waals surface area contributed by atoms with Crippen molar-refractivity contribution in [2.24, 2.45) is 5.18 Å². The lowest BCUT2D eigenvalue weighted by molar-refractivity contribution is -0.428. The third-order valence-electron chi connectivity index (χ3n) is 5.72. The van der Waals surface area contributed by atoms with Gasteiger partial charge >= 0.3 is 17.5 Å². The van der Waals surface area contributed by atoms with Crippen molar-refractivity contribution in [2.75, 3.05) is 0 Å². The predicted molar refractivity (Wildman–Crippen MR) is 122 cm³/mol. The number of nitroso groups, excluding NO2 is 1. The van der Waals surface area contributed by atoms with Crippen molar-refractivity contribution in [3.05, 3.63) is 71.6 Å². The second-order valence-corrected chi connectivity index (χ2v) is 7.45. The maximum atomic E-state index is 11.5. The molecule has 6 rings (SSSR count). The fourth-order valence-corrected chi connectivity index (χ4v) is 4.45. The minimum atomic E-state index is -1.01. The average Bonchev–Trinajstić information content (AvgIpc) is 2.86. The van der Waals surface area contributed by atoms with Gasteiger partial charge in [0.2, 0.25) is 16.6 Å². The van der Waals surface area contributed by atoms with Crippen molar-refractivity contribution >= 4 is 77.7 Å². The second-order valence-electron chi connectivity index (χ2n) is 7.45. The van der Waals surface area contributed by atoms with Crippen molar-refractivity contribution in [1.29, 1.82) is 0 Å². The molecule has 2 heterocycles. The van der Waals surface area contributed by atoms with Gasteiger partial charge in [0.05, 0.1) is 0 Å². The summed E-state index contributed by atoms with van der Waals surface area (Å²) in [6.07, 6.45) is 0. The summed E-state index contributed by atoms with van der Waals surface area (Å²) < 4.78 is 0. The second kappa shape index (κ2) is 6.70. The summed E-state index contributed by atoms with van der Waals surface area (Å²) in [5, 5.41) is 39.8. The van der Waals surface area contributed by atoms with E-state index in [1.807, 2.05) is 0 Å². The van der Waals surface area contributed by atoms with Gasteiger partial charge < -0.3 is 30.3 Å². The zero-order chi connectivity index (χ0) is 24.6. The molecule has 0 aliphatic carbocycles. The number of hydrogen-bond donors (Lipinski definition) is 0. The van der Waals surface area contributed by atoms with Crippen LogP contribution in [0, 0.1) is 35.3 Å². The molecule has 0 aliphatic rings. The molecule has 0 saturated heterocycles. The van der Waals surface area contributed by atoms with Crippen molar-refractivity contribution < 1.29 is 14.8 Å². The summed E-state index contributed by atoms with van der Waals surface area (Å²) in [4.78, 5) is 59.1. The van der Waals surface area contributed by atoms with Crippen LogP contribution in [-0.4, -0.2) is 34.7 Å². The molecule has 0 spiro atoms. The standard InChI is InChI=1S/C20H6N8O7/c29-25-17-18(26(30)31)22-14-8-4-2-6-10-12(8)11-7(13(14)21-17)3-1-5-9(11)15-16(10)24-20(28(34)35)19(23-15)27(32)33/h1-6H.